The molecule has 0 aliphatic carbocycles. The second-order valence-corrected chi connectivity index (χ2v) is 7.98. The number of rotatable bonds is 4. The standard InChI is InChI=1S/C22H16FN3O5S/c1-12-18(21(28)31-2)19(14-5-7-15(23)8-6-14)25-20(27)17(32-22(25)24-12)11-13-3-9-16(10-4-13)26(29)30/h3-11,19H,1-2H3. The predicted molar refractivity (Wildman–Crippen MR) is 115 cm³/mol. The zero-order chi connectivity index (χ0) is 23.0. The molecule has 0 fully saturated rings. The summed E-state index contributed by atoms with van der Waals surface area (Å²) in [5.41, 5.74) is 1.27. The Hall–Kier alpha value is -3.92. The van der Waals surface area contributed by atoms with Gasteiger partial charge in [-0.05, 0) is 48.4 Å². The zero-order valence-electron chi connectivity index (χ0n) is 16.9. The molecule has 2 aromatic carbocycles. The molecule has 2 heterocycles. The van der Waals surface area contributed by atoms with Gasteiger partial charge < -0.3 is 4.74 Å². The minimum absolute atomic E-state index is 0.0572. The summed E-state index contributed by atoms with van der Waals surface area (Å²) in [6.07, 6.45) is 1.60. The Labute approximate surface area is 184 Å². The number of aromatic nitrogens is 1. The number of benzene rings is 2. The number of carbonyl (C=O) groups excluding carboxylic acids is 1. The first-order valence-corrected chi connectivity index (χ1v) is 10.2. The molecule has 0 N–H and O–H groups in total. The third-order valence-electron chi connectivity index (χ3n) is 5.01. The van der Waals surface area contributed by atoms with Crippen molar-refractivity contribution in [3.8, 4) is 0 Å². The number of fused-ring (bicyclic) bond motifs is 1. The maximum Gasteiger partial charge on any atom is 0.338 e. The van der Waals surface area contributed by atoms with Gasteiger partial charge in [-0.25, -0.2) is 14.2 Å². The second kappa shape index (κ2) is 8.31. The molecule has 1 aliphatic rings. The molecule has 0 spiro atoms. The number of hydrogen-bond acceptors (Lipinski definition) is 7. The van der Waals surface area contributed by atoms with Crippen molar-refractivity contribution in [1.29, 1.82) is 0 Å². The maximum atomic E-state index is 13.5. The minimum Gasteiger partial charge on any atom is -0.466 e. The lowest BCUT2D eigenvalue weighted by atomic mass is 9.96. The molecule has 0 saturated heterocycles. The van der Waals surface area contributed by atoms with Gasteiger partial charge >= 0.3 is 5.97 Å². The van der Waals surface area contributed by atoms with Crippen molar-refractivity contribution in [2.75, 3.05) is 7.11 Å². The van der Waals surface area contributed by atoms with Crippen LogP contribution >= 0.6 is 11.3 Å². The molecular formula is C22H16FN3O5S. The SMILES string of the molecule is COC(=O)C1=C(C)N=c2sc(=Cc3ccc([N+](=O)[O-])cc3)c(=O)n2C1c1ccc(F)cc1. The lowest BCUT2D eigenvalue weighted by molar-refractivity contribution is -0.384. The summed E-state index contributed by atoms with van der Waals surface area (Å²) in [7, 11) is 1.24. The smallest absolute Gasteiger partial charge is 0.338 e. The lowest BCUT2D eigenvalue weighted by Gasteiger charge is -2.24. The van der Waals surface area contributed by atoms with Crippen LogP contribution in [0.5, 0.6) is 0 Å². The van der Waals surface area contributed by atoms with Gasteiger partial charge in [0.2, 0.25) is 0 Å². The van der Waals surface area contributed by atoms with E-state index in [4.69, 9.17) is 4.74 Å². The fourth-order valence-electron chi connectivity index (χ4n) is 3.50. The van der Waals surface area contributed by atoms with Gasteiger partial charge in [0.15, 0.2) is 4.80 Å². The summed E-state index contributed by atoms with van der Waals surface area (Å²) in [5, 5.41) is 10.9. The monoisotopic (exact) mass is 453 g/mol. The van der Waals surface area contributed by atoms with Gasteiger partial charge in [-0.1, -0.05) is 23.5 Å². The van der Waals surface area contributed by atoms with Crippen molar-refractivity contribution in [2.45, 2.75) is 13.0 Å². The number of nitro groups is 1. The largest absolute Gasteiger partial charge is 0.466 e. The lowest BCUT2D eigenvalue weighted by Crippen LogP contribution is -2.39. The Balaban J connectivity index is 1.92. The molecule has 3 aromatic rings. The van der Waals surface area contributed by atoms with E-state index >= 15 is 0 Å². The van der Waals surface area contributed by atoms with E-state index in [1.165, 1.54) is 48.1 Å². The van der Waals surface area contributed by atoms with Gasteiger partial charge in [0.25, 0.3) is 11.2 Å². The number of nitrogens with zero attached hydrogens (tertiary/aromatic N) is 3. The molecule has 0 bridgehead atoms. The third kappa shape index (κ3) is 3.76. The van der Waals surface area contributed by atoms with E-state index < -0.39 is 28.3 Å². The van der Waals surface area contributed by atoms with Crippen molar-refractivity contribution in [2.24, 2.45) is 4.99 Å². The average Bonchev–Trinajstić information content (AvgIpc) is 3.08. The molecule has 1 aliphatic heterocycles. The summed E-state index contributed by atoms with van der Waals surface area (Å²) in [5.74, 6) is -1.08. The van der Waals surface area contributed by atoms with Crippen LogP contribution < -0.4 is 14.9 Å². The van der Waals surface area contributed by atoms with Gasteiger partial charge in [0.05, 0.1) is 33.9 Å². The van der Waals surface area contributed by atoms with Crippen LogP contribution in [0.15, 0.2) is 69.6 Å². The van der Waals surface area contributed by atoms with E-state index in [1.54, 1.807) is 25.1 Å². The van der Waals surface area contributed by atoms with E-state index in [0.29, 0.717) is 26.2 Å². The van der Waals surface area contributed by atoms with E-state index in [9.17, 15) is 24.1 Å². The Morgan fingerprint density at radius 1 is 1.22 bits per heavy atom. The van der Waals surface area contributed by atoms with Gasteiger partial charge in [-0.3, -0.25) is 19.5 Å². The number of allylic oxidation sites excluding steroid dienone is 1. The average molecular weight is 453 g/mol. The summed E-state index contributed by atoms with van der Waals surface area (Å²) >= 11 is 1.13. The van der Waals surface area contributed by atoms with Crippen LogP contribution in [-0.2, 0) is 9.53 Å². The highest BCUT2D eigenvalue weighted by Gasteiger charge is 2.33. The quantitative estimate of drug-likeness (QED) is 0.343. The van der Waals surface area contributed by atoms with Crippen molar-refractivity contribution >= 4 is 29.1 Å². The van der Waals surface area contributed by atoms with Gasteiger partial charge in [0, 0.05) is 12.1 Å². The highest BCUT2D eigenvalue weighted by Crippen LogP contribution is 2.30. The third-order valence-corrected chi connectivity index (χ3v) is 6.00. The van der Waals surface area contributed by atoms with Crippen molar-refractivity contribution < 1.29 is 18.8 Å². The van der Waals surface area contributed by atoms with Gasteiger partial charge in [0.1, 0.15) is 5.82 Å². The van der Waals surface area contributed by atoms with Crippen LogP contribution in [0.4, 0.5) is 10.1 Å². The van der Waals surface area contributed by atoms with E-state index in [0.717, 1.165) is 11.3 Å². The molecule has 4 rings (SSSR count). The topological polar surface area (TPSA) is 104 Å². The highest BCUT2D eigenvalue weighted by atomic mass is 32.1. The normalized spacial score (nSPS) is 15.8. The van der Waals surface area contributed by atoms with Gasteiger partial charge in [-0.2, -0.15) is 0 Å². The second-order valence-electron chi connectivity index (χ2n) is 6.97. The molecule has 1 atom stereocenters. The Morgan fingerprint density at radius 3 is 2.47 bits per heavy atom. The van der Waals surface area contributed by atoms with Crippen LogP contribution in [0.3, 0.4) is 0 Å². The number of non-ortho nitro benzene ring substituents is 1. The number of methoxy groups -OCH3 is 1. The molecule has 1 unspecified atom stereocenters. The first-order chi connectivity index (χ1) is 15.3. The Bertz CT molecular complexity index is 1440. The number of halogens is 1. The summed E-state index contributed by atoms with van der Waals surface area (Å²) < 4.78 is 20.2. The van der Waals surface area contributed by atoms with Crippen LogP contribution in [0.25, 0.3) is 6.08 Å². The fraction of sp³-hybridized carbons (Fsp3) is 0.136. The fourth-order valence-corrected chi connectivity index (χ4v) is 4.54. The molecule has 8 nitrogen and oxygen atoms in total. The number of hydrogen-bond donors (Lipinski definition) is 0. The van der Waals surface area contributed by atoms with Crippen molar-refractivity contribution in [3.05, 3.63) is 107 Å². The Kier molecular flexibility index (Phi) is 5.54. The maximum absolute atomic E-state index is 13.5. The Morgan fingerprint density at radius 2 is 1.88 bits per heavy atom. The molecule has 10 heteroatoms. The predicted octanol–water partition coefficient (Wildman–Crippen LogP) is 2.46. The number of nitro benzene ring substituents is 1. The molecule has 0 saturated carbocycles. The van der Waals surface area contributed by atoms with E-state index in [2.05, 4.69) is 4.99 Å². The first-order valence-electron chi connectivity index (χ1n) is 9.41. The van der Waals surface area contributed by atoms with Crippen molar-refractivity contribution in [3.63, 3.8) is 0 Å². The highest BCUT2D eigenvalue weighted by molar-refractivity contribution is 7.07. The zero-order valence-corrected chi connectivity index (χ0v) is 17.8. The van der Waals surface area contributed by atoms with E-state index in [1.807, 2.05) is 0 Å². The molecular weight excluding hydrogens is 437 g/mol. The number of ether oxygens (including phenoxy) is 1. The number of carbonyl (C=O) groups is 1. The molecule has 162 valence electrons. The molecule has 0 radical (unpaired) electrons. The van der Waals surface area contributed by atoms with Crippen LogP contribution in [-0.4, -0.2) is 22.6 Å². The first kappa shape index (κ1) is 21.3. The van der Waals surface area contributed by atoms with Crippen LogP contribution in [0.1, 0.15) is 24.1 Å². The van der Waals surface area contributed by atoms with E-state index in [-0.39, 0.29) is 11.3 Å². The summed E-state index contributed by atoms with van der Waals surface area (Å²) in [4.78, 5) is 41.0. The molecule has 32 heavy (non-hydrogen) atoms. The summed E-state index contributed by atoms with van der Waals surface area (Å²) in [6.45, 7) is 1.65. The minimum atomic E-state index is -0.835. The summed E-state index contributed by atoms with van der Waals surface area (Å²) in [6, 6.07) is 10.5. The number of thiazole rings is 1. The molecule has 1 aromatic heterocycles. The number of esters is 1. The molecule has 0 amide bonds. The van der Waals surface area contributed by atoms with Crippen LogP contribution in [0, 0.1) is 15.9 Å². The van der Waals surface area contributed by atoms with Gasteiger partial charge in [-0.15, -0.1) is 0 Å². The van der Waals surface area contributed by atoms with Crippen LogP contribution in [0.2, 0.25) is 0 Å². The van der Waals surface area contributed by atoms with Crippen molar-refractivity contribution in [1.82, 2.24) is 4.57 Å².